The molecule has 0 N–H and O–H groups in total. The van der Waals surface area contributed by atoms with Crippen molar-refractivity contribution in [2.24, 2.45) is 0 Å². The van der Waals surface area contributed by atoms with Crippen LogP contribution in [0, 0.1) is 0 Å². The molecular formula is C22H24ClN5. The van der Waals surface area contributed by atoms with Gasteiger partial charge in [-0.25, -0.2) is 4.98 Å². The fraction of sp³-hybridized carbons (Fsp3) is 0.273. The summed E-state index contributed by atoms with van der Waals surface area (Å²) in [5, 5.41) is 0.775. The molecule has 144 valence electrons. The SMILES string of the molecule is CCN(c1ccccc1)c1ccnc(N2CCN(c3cccc(Cl)c3)CC2)n1. The zero-order valence-corrected chi connectivity index (χ0v) is 16.8. The van der Waals surface area contributed by atoms with Crippen molar-refractivity contribution in [1.29, 1.82) is 0 Å². The Bertz CT molecular complexity index is 910. The van der Waals surface area contributed by atoms with E-state index in [1.165, 1.54) is 5.69 Å². The van der Waals surface area contributed by atoms with E-state index >= 15 is 0 Å². The molecule has 4 rings (SSSR count). The molecule has 2 heterocycles. The normalized spacial score (nSPS) is 14.2. The van der Waals surface area contributed by atoms with Gasteiger partial charge in [-0.3, -0.25) is 0 Å². The summed E-state index contributed by atoms with van der Waals surface area (Å²) in [5.41, 5.74) is 2.31. The Hall–Kier alpha value is -2.79. The van der Waals surface area contributed by atoms with E-state index in [2.05, 4.69) is 56.9 Å². The van der Waals surface area contributed by atoms with Gasteiger partial charge >= 0.3 is 0 Å². The molecule has 28 heavy (non-hydrogen) atoms. The molecule has 6 heteroatoms. The molecule has 5 nitrogen and oxygen atoms in total. The number of hydrogen-bond acceptors (Lipinski definition) is 5. The lowest BCUT2D eigenvalue weighted by Gasteiger charge is -2.36. The van der Waals surface area contributed by atoms with Crippen molar-refractivity contribution < 1.29 is 0 Å². The van der Waals surface area contributed by atoms with Crippen LogP contribution in [0.15, 0.2) is 66.9 Å². The first-order valence-corrected chi connectivity index (χ1v) is 10.0. The first kappa shape index (κ1) is 18.6. The van der Waals surface area contributed by atoms with E-state index in [1.807, 2.05) is 36.5 Å². The summed E-state index contributed by atoms with van der Waals surface area (Å²) >= 11 is 6.14. The van der Waals surface area contributed by atoms with Gasteiger partial charge in [-0.2, -0.15) is 4.98 Å². The third kappa shape index (κ3) is 4.04. The smallest absolute Gasteiger partial charge is 0.227 e. The highest BCUT2D eigenvalue weighted by atomic mass is 35.5. The summed E-state index contributed by atoms with van der Waals surface area (Å²) in [6.07, 6.45) is 1.85. The first-order chi connectivity index (χ1) is 13.7. The predicted molar refractivity (Wildman–Crippen MR) is 117 cm³/mol. The zero-order valence-electron chi connectivity index (χ0n) is 16.0. The van der Waals surface area contributed by atoms with E-state index in [-0.39, 0.29) is 0 Å². The second-order valence-electron chi connectivity index (χ2n) is 6.75. The van der Waals surface area contributed by atoms with Gasteiger partial charge in [0.1, 0.15) is 5.82 Å². The van der Waals surface area contributed by atoms with Crippen LogP contribution in [0.4, 0.5) is 23.1 Å². The fourth-order valence-corrected chi connectivity index (χ4v) is 3.75. The maximum absolute atomic E-state index is 6.14. The molecule has 3 aromatic rings. The second kappa shape index (κ2) is 8.48. The lowest BCUT2D eigenvalue weighted by atomic mass is 10.2. The summed E-state index contributed by atoms with van der Waals surface area (Å²) in [7, 11) is 0. The molecule has 1 fully saturated rings. The summed E-state index contributed by atoms with van der Waals surface area (Å²) in [5.74, 6) is 1.72. The van der Waals surface area contributed by atoms with Crippen LogP contribution in [0.25, 0.3) is 0 Å². The lowest BCUT2D eigenvalue weighted by Crippen LogP contribution is -2.47. The Kier molecular flexibility index (Phi) is 5.63. The van der Waals surface area contributed by atoms with Crippen molar-refractivity contribution in [3.8, 4) is 0 Å². The van der Waals surface area contributed by atoms with Gasteiger partial charge in [0.05, 0.1) is 0 Å². The molecule has 1 aliphatic heterocycles. The van der Waals surface area contributed by atoms with Gasteiger partial charge in [0.2, 0.25) is 5.95 Å². The van der Waals surface area contributed by atoms with E-state index in [0.717, 1.165) is 55.2 Å². The van der Waals surface area contributed by atoms with Gasteiger partial charge in [0, 0.05) is 55.3 Å². The highest BCUT2D eigenvalue weighted by molar-refractivity contribution is 6.30. The monoisotopic (exact) mass is 393 g/mol. The summed E-state index contributed by atoms with van der Waals surface area (Å²) in [6, 6.07) is 20.4. The molecule has 0 bridgehead atoms. The first-order valence-electron chi connectivity index (χ1n) is 9.65. The largest absolute Gasteiger partial charge is 0.368 e. The molecule has 0 spiro atoms. The Labute approximate surface area is 171 Å². The van der Waals surface area contributed by atoms with Gasteiger partial charge in [-0.1, -0.05) is 35.9 Å². The van der Waals surface area contributed by atoms with Gasteiger partial charge < -0.3 is 14.7 Å². The van der Waals surface area contributed by atoms with Gasteiger partial charge in [0.25, 0.3) is 0 Å². The van der Waals surface area contributed by atoms with E-state index in [1.54, 1.807) is 0 Å². The van der Waals surface area contributed by atoms with Crippen molar-refractivity contribution in [3.63, 3.8) is 0 Å². The number of rotatable bonds is 5. The predicted octanol–water partition coefficient (Wildman–Crippen LogP) is 4.61. The Balaban J connectivity index is 1.48. The summed E-state index contributed by atoms with van der Waals surface area (Å²) < 4.78 is 0. The molecule has 0 unspecified atom stereocenters. The van der Waals surface area contributed by atoms with E-state index in [9.17, 15) is 0 Å². The van der Waals surface area contributed by atoms with Gasteiger partial charge in [-0.05, 0) is 43.3 Å². The molecule has 0 radical (unpaired) electrons. The van der Waals surface area contributed by atoms with Crippen LogP contribution in [0.1, 0.15) is 6.92 Å². The molecule has 0 saturated carbocycles. The standard InChI is InChI=1S/C22H24ClN5/c1-2-28(19-8-4-3-5-9-19)21-11-12-24-22(25-21)27-15-13-26(14-16-27)20-10-6-7-18(23)17-20/h3-12,17H,2,13-16H2,1H3. The molecule has 1 aliphatic rings. The minimum absolute atomic E-state index is 0.775. The highest BCUT2D eigenvalue weighted by Gasteiger charge is 2.20. The number of hydrogen-bond donors (Lipinski definition) is 0. The topological polar surface area (TPSA) is 35.5 Å². The number of benzene rings is 2. The van der Waals surface area contributed by atoms with Crippen LogP contribution in [-0.2, 0) is 0 Å². The van der Waals surface area contributed by atoms with Crippen molar-refractivity contribution in [1.82, 2.24) is 9.97 Å². The third-order valence-electron chi connectivity index (χ3n) is 5.02. The van der Waals surface area contributed by atoms with Crippen LogP contribution in [0.5, 0.6) is 0 Å². The van der Waals surface area contributed by atoms with Crippen LogP contribution in [0.2, 0.25) is 5.02 Å². The fourth-order valence-electron chi connectivity index (χ4n) is 3.56. The molecule has 1 saturated heterocycles. The van der Waals surface area contributed by atoms with Crippen molar-refractivity contribution >= 4 is 34.7 Å². The van der Waals surface area contributed by atoms with Crippen LogP contribution < -0.4 is 14.7 Å². The third-order valence-corrected chi connectivity index (χ3v) is 5.26. The van der Waals surface area contributed by atoms with Crippen LogP contribution in [0.3, 0.4) is 0 Å². The average Bonchev–Trinajstić information content (AvgIpc) is 2.75. The van der Waals surface area contributed by atoms with Crippen molar-refractivity contribution in [2.75, 3.05) is 47.4 Å². The van der Waals surface area contributed by atoms with Crippen molar-refractivity contribution in [2.45, 2.75) is 6.92 Å². The molecular weight excluding hydrogens is 370 g/mol. The van der Waals surface area contributed by atoms with Crippen LogP contribution >= 0.6 is 11.6 Å². The Morgan fingerprint density at radius 2 is 1.68 bits per heavy atom. The number of anilines is 4. The van der Waals surface area contributed by atoms with E-state index in [4.69, 9.17) is 16.6 Å². The molecule has 0 atom stereocenters. The molecule has 2 aromatic carbocycles. The second-order valence-corrected chi connectivity index (χ2v) is 7.19. The number of nitrogens with zero attached hydrogens (tertiary/aromatic N) is 5. The average molecular weight is 394 g/mol. The lowest BCUT2D eigenvalue weighted by molar-refractivity contribution is 0.640. The number of halogens is 1. The minimum atomic E-state index is 0.775. The maximum atomic E-state index is 6.14. The van der Waals surface area contributed by atoms with Crippen molar-refractivity contribution in [3.05, 3.63) is 71.9 Å². The van der Waals surface area contributed by atoms with E-state index in [0.29, 0.717) is 0 Å². The highest BCUT2D eigenvalue weighted by Crippen LogP contribution is 2.25. The quantitative estimate of drug-likeness (QED) is 0.632. The maximum Gasteiger partial charge on any atom is 0.227 e. The summed E-state index contributed by atoms with van der Waals surface area (Å²) in [6.45, 7) is 6.59. The van der Waals surface area contributed by atoms with Gasteiger partial charge in [0.15, 0.2) is 0 Å². The molecule has 0 aliphatic carbocycles. The zero-order chi connectivity index (χ0) is 19.3. The number of aromatic nitrogens is 2. The van der Waals surface area contributed by atoms with Gasteiger partial charge in [-0.15, -0.1) is 0 Å². The molecule has 1 aromatic heterocycles. The van der Waals surface area contributed by atoms with E-state index < -0.39 is 0 Å². The number of piperazine rings is 1. The Morgan fingerprint density at radius 3 is 2.39 bits per heavy atom. The minimum Gasteiger partial charge on any atom is -0.368 e. The summed E-state index contributed by atoms with van der Waals surface area (Å²) in [4.78, 5) is 16.2. The molecule has 0 amide bonds. The number of para-hydroxylation sites is 1. The Morgan fingerprint density at radius 1 is 0.929 bits per heavy atom. The van der Waals surface area contributed by atoms with Crippen LogP contribution in [-0.4, -0.2) is 42.7 Å².